The van der Waals surface area contributed by atoms with Crippen LogP contribution in [0.2, 0.25) is 0 Å². The molecule has 1 aromatic carbocycles. The van der Waals surface area contributed by atoms with Crippen molar-refractivity contribution < 1.29 is 19.1 Å². The van der Waals surface area contributed by atoms with Crippen LogP contribution in [0, 0.1) is 0 Å². The van der Waals surface area contributed by atoms with Crippen LogP contribution in [0.3, 0.4) is 0 Å². The molecule has 9 heteroatoms. The van der Waals surface area contributed by atoms with Gasteiger partial charge in [-0.25, -0.2) is 4.79 Å². The van der Waals surface area contributed by atoms with Crippen molar-refractivity contribution in [3.05, 3.63) is 42.2 Å². The zero-order valence-corrected chi connectivity index (χ0v) is 19.4. The molecule has 0 bridgehead atoms. The molecule has 1 aromatic heterocycles. The topological polar surface area (TPSA) is 88.1 Å². The highest BCUT2D eigenvalue weighted by molar-refractivity contribution is 5.96. The van der Waals surface area contributed by atoms with Gasteiger partial charge < -0.3 is 19.3 Å². The smallest absolute Gasteiger partial charge is 0.325 e. The predicted molar refractivity (Wildman–Crippen MR) is 124 cm³/mol. The highest BCUT2D eigenvalue weighted by atomic mass is 16.5. The quantitative estimate of drug-likeness (QED) is 0.641. The number of amides is 3. The zero-order valence-electron chi connectivity index (χ0n) is 19.4. The normalized spacial score (nSPS) is 18.7. The first-order valence-corrected chi connectivity index (χ1v) is 11.4. The van der Waals surface area contributed by atoms with Gasteiger partial charge in [0.2, 0.25) is 17.7 Å². The number of benzene rings is 1. The van der Waals surface area contributed by atoms with Crippen LogP contribution >= 0.6 is 0 Å². The number of nitrogens with zero attached hydrogens (tertiary/aromatic N) is 5. The molecule has 176 valence electrons. The van der Waals surface area contributed by atoms with E-state index in [0.29, 0.717) is 43.9 Å². The summed E-state index contributed by atoms with van der Waals surface area (Å²) in [7, 11) is 1.52. The van der Waals surface area contributed by atoms with Crippen LogP contribution in [0.5, 0.6) is 11.8 Å². The third kappa shape index (κ3) is 5.35. The molecule has 0 saturated carbocycles. The van der Waals surface area contributed by atoms with Gasteiger partial charge in [0.05, 0.1) is 26.0 Å². The van der Waals surface area contributed by atoms with E-state index in [-0.39, 0.29) is 24.6 Å². The molecule has 0 spiro atoms. The van der Waals surface area contributed by atoms with Gasteiger partial charge in [-0.1, -0.05) is 26.0 Å². The highest BCUT2D eigenvalue weighted by Gasteiger charge is 2.33. The molecule has 3 amide bonds. The fourth-order valence-corrected chi connectivity index (χ4v) is 4.19. The van der Waals surface area contributed by atoms with Crippen LogP contribution in [0.25, 0.3) is 0 Å². The summed E-state index contributed by atoms with van der Waals surface area (Å²) in [5.41, 5.74) is 2.10. The fourth-order valence-electron chi connectivity index (χ4n) is 4.19. The number of rotatable bonds is 7. The van der Waals surface area contributed by atoms with Crippen molar-refractivity contribution in [2.45, 2.75) is 38.7 Å². The van der Waals surface area contributed by atoms with E-state index in [1.165, 1.54) is 25.1 Å². The van der Waals surface area contributed by atoms with Crippen molar-refractivity contribution in [1.82, 2.24) is 19.8 Å². The average Bonchev–Trinajstić information content (AvgIpc) is 3.19. The van der Waals surface area contributed by atoms with E-state index in [2.05, 4.69) is 35.9 Å². The van der Waals surface area contributed by atoms with Gasteiger partial charge in [0.25, 0.3) is 0 Å². The molecule has 4 rings (SSSR count). The lowest BCUT2D eigenvalue weighted by atomic mass is 10.0. The molecule has 1 atom stereocenters. The molecule has 2 aliphatic heterocycles. The van der Waals surface area contributed by atoms with E-state index in [1.54, 1.807) is 14.7 Å². The number of aromatic nitrogens is 2. The highest BCUT2D eigenvalue weighted by Crippen LogP contribution is 2.24. The van der Waals surface area contributed by atoms with Crippen molar-refractivity contribution in [3.63, 3.8) is 0 Å². The van der Waals surface area contributed by atoms with E-state index in [4.69, 9.17) is 9.47 Å². The van der Waals surface area contributed by atoms with Gasteiger partial charge in [-0.15, -0.1) is 0 Å². The number of hydrogen-bond acceptors (Lipinski definition) is 6. The minimum absolute atomic E-state index is 0.0645. The number of methoxy groups -OCH3 is 1. The molecule has 33 heavy (non-hydrogen) atoms. The summed E-state index contributed by atoms with van der Waals surface area (Å²) in [5, 5.41) is 0. The molecular weight excluding hydrogens is 422 g/mol. The number of carbonyl (C=O) groups is 2. The van der Waals surface area contributed by atoms with E-state index in [9.17, 15) is 9.59 Å². The Kier molecular flexibility index (Phi) is 6.96. The Balaban J connectivity index is 1.32. The minimum atomic E-state index is -0.172. The van der Waals surface area contributed by atoms with Gasteiger partial charge in [-0.3, -0.25) is 14.7 Å². The zero-order chi connectivity index (χ0) is 23.4. The van der Waals surface area contributed by atoms with Crippen molar-refractivity contribution in [2.24, 2.45) is 0 Å². The summed E-state index contributed by atoms with van der Waals surface area (Å²) < 4.78 is 11.0. The van der Waals surface area contributed by atoms with Crippen LogP contribution in [-0.4, -0.2) is 77.6 Å². The number of piperidine rings is 1. The standard InChI is InChI=1S/C24H31N5O4/c1-17(2)18-6-8-19(9-7-18)29-12-11-28(24(29)31)16-23(30)27-10-4-5-20(15-27)33-22-14-25-13-21(26-22)32-3/h6-9,13-14,17,20H,4-5,10-12,15-16H2,1-3H3. The maximum absolute atomic E-state index is 13.0. The lowest BCUT2D eigenvalue weighted by Gasteiger charge is -2.33. The molecule has 1 unspecified atom stereocenters. The minimum Gasteiger partial charge on any atom is -0.480 e. The number of anilines is 1. The van der Waals surface area contributed by atoms with Crippen molar-refractivity contribution >= 4 is 17.6 Å². The molecule has 9 nitrogen and oxygen atoms in total. The molecule has 3 heterocycles. The van der Waals surface area contributed by atoms with Crippen LogP contribution in [0.4, 0.5) is 10.5 Å². The maximum Gasteiger partial charge on any atom is 0.325 e. The maximum atomic E-state index is 13.0. The number of carbonyl (C=O) groups excluding carboxylic acids is 2. The second-order valence-electron chi connectivity index (χ2n) is 8.72. The van der Waals surface area contributed by atoms with E-state index in [0.717, 1.165) is 18.5 Å². The van der Waals surface area contributed by atoms with Gasteiger partial charge in [-0.2, -0.15) is 4.98 Å². The molecule has 0 aliphatic carbocycles. The predicted octanol–water partition coefficient (Wildman–Crippen LogP) is 2.92. The van der Waals surface area contributed by atoms with Crippen LogP contribution in [0.1, 0.15) is 38.2 Å². The lowest BCUT2D eigenvalue weighted by Crippen LogP contribution is -2.48. The summed E-state index contributed by atoms with van der Waals surface area (Å²) in [4.78, 5) is 39.3. The monoisotopic (exact) mass is 453 g/mol. The Morgan fingerprint density at radius 3 is 2.61 bits per heavy atom. The van der Waals surface area contributed by atoms with Crippen LogP contribution in [-0.2, 0) is 4.79 Å². The molecule has 0 N–H and O–H groups in total. The molecule has 2 aliphatic rings. The van der Waals surface area contributed by atoms with Gasteiger partial charge in [0.15, 0.2) is 0 Å². The van der Waals surface area contributed by atoms with E-state index < -0.39 is 0 Å². The van der Waals surface area contributed by atoms with Gasteiger partial charge in [-0.05, 0) is 36.5 Å². The Hall–Kier alpha value is -3.36. The van der Waals surface area contributed by atoms with Crippen molar-refractivity contribution in [3.8, 4) is 11.8 Å². The van der Waals surface area contributed by atoms with E-state index >= 15 is 0 Å². The summed E-state index contributed by atoms with van der Waals surface area (Å²) in [5.74, 6) is 1.14. The summed E-state index contributed by atoms with van der Waals surface area (Å²) in [6.45, 7) is 6.58. The van der Waals surface area contributed by atoms with Crippen LogP contribution < -0.4 is 14.4 Å². The molecule has 2 fully saturated rings. The van der Waals surface area contributed by atoms with Gasteiger partial charge in [0.1, 0.15) is 12.6 Å². The Labute approximate surface area is 194 Å². The molecular formula is C24H31N5O4. The number of urea groups is 1. The summed E-state index contributed by atoms with van der Waals surface area (Å²) >= 11 is 0. The number of ether oxygens (including phenoxy) is 2. The van der Waals surface area contributed by atoms with E-state index in [1.807, 2.05) is 12.1 Å². The van der Waals surface area contributed by atoms with Gasteiger partial charge in [0, 0.05) is 25.3 Å². The van der Waals surface area contributed by atoms with Crippen molar-refractivity contribution in [1.29, 1.82) is 0 Å². The Morgan fingerprint density at radius 1 is 1.12 bits per heavy atom. The second-order valence-corrected chi connectivity index (χ2v) is 8.72. The van der Waals surface area contributed by atoms with Crippen molar-refractivity contribution in [2.75, 3.05) is 44.7 Å². The van der Waals surface area contributed by atoms with Crippen LogP contribution in [0.15, 0.2) is 36.7 Å². The second kappa shape index (κ2) is 10.1. The van der Waals surface area contributed by atoms with Gasteiger partial charge >= 0.3 is 6.03 Å². The average molecular weight is 454 g/mol. The largest absolute Gasteiger partial charge is 0.480 e. The molecule has 2 saturated heterocycles. The SMILES string of the molecule is COc1cncc(OC2CCCN(C(=O)CN3CCN(c4ccc(C(C)C)cc4)C3=O)C2)n1. The third-order valence-electron chi connectivity index (χ3n) is 6.11. The summed E-state index contributed by atoms with van der Waals surface area (Å²) in [6, 6.07) is 7.94. The first kappa shape index (κ1) is 22.8. The Bertz CT molecular complexity index is 981. The number of hydrogen-bond donors (Lipinski definition) is 0. The third-order valence-corrected chi connectivity index (χ3v) is 6.11. The first-order valence-electron chi connectivity index (χ1n) is 11.4. The number of likely N-dealkylation sites (tertiary alicyclic amines) is 1. The Morgan fingerprint density at radius 2 is 1.88 bits per heavy atom. The first-order chi connectivity index (χ1) is 15.9. The summed E-state index contributed by atoms with van der Waals surface area (Å²) in [6.07, 6.45) is 4.53. The lowest BCUT2D eigenvalue weighted by molar-refractivity contribution is -0.134. The molecule has 2 aromatic rings. The fraction of sp³-hybridized carbons (Fsp3) is 0.500. The molecule has 0 radical (unpaired) electrons.